The molecule has 20 heavy (non-hydrogen) atoms. The fourth-order valence-electron chi connectivity index (χ4n) is 2.46. The molecule has 0 saturated carbocycles. The van der Waals surface area contributed by atoms with Crippen LogP contribution in [0.25, 0.3) is 0 Å². The van der Waals surface area contributed by atoms with Gasteiger partial charge in [-0.3, -0.25) is 0 Å². The minimum Gasteiger partial charge on any atom is -0.339 e. The van der Waals surface area contributed by atoms with Crippen molar-refractivity contribution >= 4 is 0 Å². The van der Waals surface area contributed by atoms with Crippen LogP contribution in [-0.4, -0.2) is 23.2 Å². The molecule has 1 N–H and O–H groups in total. The summed E-state index contributed by atoms with van der Waals surface area (Å²) < 4.78 is 31.5. The van der Waals surface area contributed by atoms with Crippen molar-refractivity contribution in [3.8, 4) is 0 Å². The highest BCUT2D eigenvalue weighted by molar-refractivity contribution is 5.21. The lowest BCUT2D eigenvalue weighted by Gasteiger charge is -2.18. The highest BCUT2D eigenvalue weighted by atomic mass is 19.1. The van der Waals surface area contributed by atoms with E-state index in [0.717, 1.165) is 32.0 Å². The van der Waals surface area contributed by atoms with Gasteiger partial charge in [-0.25, -0.2) is 8.78 Å². The Kier molecular flexibility index (Phi) is 3.73. The Morgan fingerprint density at radius 1 is 1.25 bits per heavy atom. The zero-order chi connectivity index (χ0) is 13.9. The van der Waals surface area contributed by atoms with Gasteiger partial charge in [0.25, 0.3) is 0 Å². The minimum absolute atomic E-state index is 0.231. The topological polar surface area (TPSA) is 51.0 Å². The first kappa shape index (κ1) is 13.2. The Labute approximate surface area is 115 Å². The SMILES string of the molecule is Fc1cc(F)cc(Cc2noc([C@H]3CCCNC3)n2)c1. The molecule has 1 aromatic heterocycles. The van der Waals surface area contributed by atoms with E-state index < -0.39 is 11.6 Å². The third-order valence-corrected chi connectivity index (χ3v) is 3.41. The lowest BCUT2D eigenvalue weighted by Crippen LogP contribution is -2.28. The molecule has 1 aromatic carbocycles. The summed E-state index contributed by atoms with van der Waals surface area (Å²) in [5.41, 5.74) is 0.497. The van der Waals surface area contributed by atoms with E-state index >= 15 is 0 Å². The highest BCUT2D eigenvalue weighted by Gasteiger charge is 2.21. The van der Waals surface area contributed by atoms with Gasteiger partial charge < -0.3 is 9.84 Å². The summed E-state index contributed by atoms with van der Waals surface area (Å²) in [5, 5.41) is 7.17. The van der Waals surface area contributed by atoms with Crippen LogP contribution in [0.15, 0.2) is 22.7 Å². The van der Waals surface area contributed by atoms with Crippen LogP contribution in [0.5, 0.6) is 0 Å². The maximum absolute atomic E-state index is 13.1. The number of nitrogens with one attached hydrogen (secondary N) is 1. The summed E-state index contributed by atoms with van der Waals surface area (Å²) >= 11 is 0. The third kappa shape index (κ3) is 3.01. The molecular formula is C14H15F2N3O. The highest BCUT2D eigenvalue weighted by Crippen LogP contribution is 2.22. The van der Waals surface area contributed by atoms with E-state index in [4.69, 9.17) is 4.52 Å². The maximum Gasteiger partial charge on any atom is 0.231 e. The number of rotatable bonds is 3. The summed E-state index contributed by atoms with van der Waals surface area (Å²) in [6.07, 6.45) is 2.36. The standard InChI is InChI=1S/C14H15F2N3O/c15-11-4-9(5-12(16)7-11)6-13-18-14(20-19-13)10-2-1-3-17-8-10/h4-5,7,10,17H,1-3,6,8H2/t10-/m0/s1. The molecule has 1 atom stereocenters. The van der Waals surface area contributed by atoms with Crippen molar-refractivity contribution < 1.29 is 13.3 Å². The van der Waals surface area contributed by atoms with E-state index in [1.54, 1.807) is 0 Å². The minimum atomic E-state index is -0.597. The quantitative estimate of drug-likeness (QED) is 0.937. The van der Waals surface area contributed by atoms with Gasteiger partial charge in [-0.15, -0.1) is 0 Å². The van der Waals surface area contributed by atoms with Gasteiger partial charge in [-0.2, -0.15) is 4.98 Å². The smallest absolute Gasteiger partial charge is 0.231 e. The third-order valence-electron chi connectivity index (χ3n) is 3.41. The van der Waals surface area contributed by atoms with Crippen molar-refractivity contribution in [2.75, 3.05) is 13.1 Å². The van der Waals surface area contributed by atoms with Crippen LogP contribution < -0.4 is 5.32 Å². The predicted molar refractivity (Wildman–Crippen MR) is 68.3 cm³/mol. The lowest BCUT2D eigenvalue weighted by molar-refractivity contribution is 0.320. The second-order valence-electron chi connectivity index (χ2n) is 5.05. The summed E-state index contributed by atoms with van der Waals surface area (Å²) in [7, 11) is 0. The van der Waals surface area contributed by atoms with Gasteiger partial charge in [-0.05, 0) is 37.1 Å². The number of hydrogen-bond acceptors (Lipinski definition) is 4. The van der Waals surface area contributed by atoms with E-state index in [0.29, 0.717) is 17.3 Å². The molecule has 0 radical (unpaired) electrons. The van der Waals surface area contributed by atoms with Crippen LogP contribution in [0.1, 0.15) is 36.0 Å². The fourth-order valence-corrected chi connectivity index (χ4v) is 2.46. The summed E-state index contributed by atoms with van der Waals surface area (Å²) in [6, 6.07) is 3.40. The van der Waals surface area contributed by atoms with Gasteiger partial charge in [0.1, 0.15) is 11.6 Å². The van der Waals surface area contributed by atoms with Crippen LogP contribution in [0.4, 0.5) is 8.78 Å². The zero-order valence-electron chi connectivity index (χ0n) is 10.9. The van der Waals surface area contributed by atoms with Gasteiger partial charge in [0.05, 0.1) is 5.92 Å². The van der Waals surface area contributed by atoms with Crippen LogP contribution in [0.2, 0.25) is 0 Å². The molecule has 1 aliphatic heterocycles. The second-order valence-corrected chi connectivity index (χ2v) is 5.05. The molecule has 1 fully saturated rings. The maximum atomic E-state index is 13.1. The van der Waals surface area contributed by atoms with Crippen molar-refractivity contribution in [1.82, 2.24) is 15.5 Å². The molecule has 0 unspecified atom stereocenters. The van der Waals surface area contributed by atoms with Gasteiger partial charge in [0.15, 0.2) is 5.82 Å². The normalized spacial score (nSPS) is 19.2. The Balaban J connectivity index is 1.73. The second kappa shape index (κ2) is 5.66. The Morgan fingerprint density at radius 3 is 2.75 bits per heavy atom. The Morgan fingerprint density at radius 2 is 2.05 bits per heavy atom. The molecule has 4 nitrogen and oxygen atoms in total. The molecule has 2 heterocycles. The first-order chi connectivity index (χ1) is 9.70. The van der Waals surface area contributed by atoms with E-state index in [-0.39, 0.29) is 12.3 Å². The molecule has 6 heteroatoms. The number of benzene rings is 1. The predicted octanol–water partition coefficient (Wildman–Crippen LogP) is 2.41. The average Bonchev–Trinajstić information content (AvgIpc) is 2.87. The van der Waals surface area contributed by atoms with E-state index in [2.05, 4.69) is 15.5 Å². The molecule has 0 amide bonds. The van der Waals surface area contributed by atoms with Gasteiger partial charge in [-0.1, -0.05) is 5.16 Å². The van der Waals surface area contributed by atoms with Crippen molar-refractivity contribution in [2.24, 2.45) is 0 Å². The summed E-state index contributed by atoms with van der Waals surface area (Å²) in [5.74, 6) is 0.0919. The zero-order valence-corrected chi connectivity index (χ0v) is 10.9. The molecule has 0 spiro atoms. The molecular weight excluding hydrogens is 264 g/mol. The Bertz CT molecular complexity index is 574. The number of nitrogens with zero attached hydrogens (tertiary/aromatic N) is 2. The fraction of sp³-hybridized carbons (Fsp3) is 0.429. The molecule has 1 saturated heterocycles. The monoisotopic (exact) mass is 279 g/mol. The molecule has 1 aliphatic rings. The van der Waals surface area contributed by atoms with Gasteiger partial charge in [0, 0.05) is 19.0 Å². The van der Waals surface area contributed by atoms with Crippen LogP contribution >= 0.6 is 0 Å². The molecule has 106 valence electrons. The lowest BCUT2D eigenvalue weighted by atomic mass is 10.00. The summed E-state index contributed by atoms with van der Waals surface area (Å²) in [4.78, 5) is 4.33. The van der Waals surface area contributed by atoms with Gasteiger partial charge in [0.2, 0.25) is 5.89 Å². The average molecular weight is 279 g/mol. The van der Waals surface area contributed by atoms with E-state index in [1.807, 2.05) is 0 Å². The van der Waals surface area contributed by atoms with E-state index in [1.165, 1.54) is 12.1 Å². The number of hydrogen-bond donors (Lipinski definition) is 1. The van der Waals surface area contributed by atoms with Crippen molar-refractivity contribution in [1.29, 1.82) is 0 Å². The number of halogens is 2. The molecule has 0 bridgehead atoms. The molecule has 2 aromatic rings. The first-order valence-electron chi connectivity index (χ1n) is 6.69. The van der Waals surface area contributed by atoms with Gasteiger partial charge >= 0.3 is 0 Å². The van der Waals surface area contributed by atoms with Crippen molar-refractivity contribution in [2.45, 2.75) is 25.2 Å². The molecule has 3 rings (SSSR count). The van der Waals surface area contributed by atoms with E-state index in [9.17, 15) is 8.78 Å². The van der Waals surface area contributed by atoms with Crippen molar-refractivity contribution in [3.05, 3.63) is 47.1 Å². The largest absolute Gasteiger partial charge is 0.339 e. The van der Waals surface area contributed by atoms with Crippen LogP contribution in [0.3, 0.4) is 0 Å². The summed E-state index contributed by atoms with van der Waals surface area (Å²) in [6.45, 7) is 1.84. The van der Waals surface area contributed by atoms with Crippen molar-refractivity contribution in [3.63, 3.8) is 0 Å². The first-order valence-corrected chi connectivity index (χ1v) is 6.69. The molecule has 0 aliphatic carbocycles. The Hall–Kier alpha value is -1.82. The van der Waals surface area contributed by atoms with Crippen LogP contribution in [0, 0.1) is 11.6 Å². The van der Waals surface area contributed by atoms with Crippen LogP contribution in [-0.2, 0) is 6.42 Å². The number of aromatic nitrogens is 2. The number of piperidine rings is 1.